The number of aliphatic hydroxyl groups is 2. The predicted octanol–water partition coefficient (Wildman–Crippen LogP) is -2.80. The molecule has 2 aliphatic heterocycles. The molecule has 0 bridgehead atoms. The zero-order chi connectivity index (χ0) is 51.3. The number of carbonyl (C=O) groups is 9. The summed E-state index contributed by atoms with van der Waals surface area (Å²) in [6.07, 6.45) is 0.737. The van der Waals surface area contributed by atoms with Gasteiger partial charge in [-0.1, -0.05) is 76.2 Å². The van der Waals surface area contributed by atoms with Crippen molar-refractivity contribution in [1.29, 1.82) is 0 Å². The minimum atomic E-state index is -1.14. The van der Waals surface area contributed by atoms with Gasteiger partial charge >= 0.3 is 71.1 Å². The molecule has 2 saturated heterocycles. The van der Waals surface area contributed by atoms with Crippen LogP contribution in [0, 0.1) is 27.1 Å². The summed E-state index contributed by atoms with van der Waals surface area (Å²) in [6.45, 7) is 32.3. The van der Waals surface area contributed by atoms with Gasteiger partial charge in [-0.3, -0.25) is 28.8 Å². The van der Waals surface area contributed by atoms with Gasteiger partial charge in [0.1, 0.15) is 0 Å². The Hall–Kier alpha value is -2.53. The van der Waals surface area contributed by atoms with Crippen LogP contribution in [0.4, 0.5) is 0 Å². The van der Waals surface area contributed by atoms with Gasteiger partial charge in [0.05, 0.1) is 23.0 Å². The van der Waals surface area contributed by atoms with E-state index in [2.05, 4.69) is 36.3 Å². The van der Waals surface area contributed by atoms with Crippen LogP contribution in [0.3, 0.4) is 0 Å². The molecular formula is C46H83N5Na2O15. The van der Waals surface area contributed by atoms with E-state index in [9.17, 15) is 53.4 Å². The number of nitrogens with zero attached hydrogens (tertiary/aromatic N) is 3. The number of aliphatic hydroxyl groups excluding tert-OH is 2. The molecule has 0 spiro atoms. The summed E-state index contributed by atoms with van der Waals surface area (Å²) >= 11 is 0. The van der Waals surface area contributed by atoms with Crippen molar-refractivity contribution in [2.45, 2.75) is 181 Å². The summed E-state index contributed by atoms with van der Waals surface area (Å²) in [6, 6.07) is 0. The maximum Gasteiger partial charge on any atom is 1.00 e. The predicted molar refractivity (Wildman–Crippen MR) is 242 cm³/mol. The van der Waals surface area contributed by atoms with Gasteiger partial charge in [-0.25, -0.2) is 9.59 Å². The molecule has 68 heavy (non-hydrogen) atoms. The van der Waals surface area contributed by atoms with Crippen molar-refractivity contribution in [3.63, 3.8) is 0 Å². The fraction of sp³-hybridized carbons (Fsp3) is 0.804. The topological polar surface area (TPSA) is 299 Å². The van der Waals surface area contributed by atoms with Gasteiger partial charge in [-0.05, 0) is 86.4 Å². The molecule has 2 heterocycles. The van der Waals surface area contributed by atoms with Crippen molar-refractivity contribution < 1.29 is 133 Å². The van der Waals surface area contributed by atoms with E-state index in [1.807, 2.05) is 6.92 Å². The second-order valence-electron chi connectivity index (χ2n) is 19.1. The molecule has 22 heteroatoms. The minimum absolute atomic E-state index is 0. The van der Waals surface area contributed by atoms with Gasteiger partial charge in [0, 0.05) is 61.0 Å². The summed E-state index contributed by atoms with van der Waals surface area (Å²) in [4.78, 5) is 117. The van der Waals surface area contributed by atoms with Crippen LogP contribution in [0.25, 0.3) is 0 Å². The van der Waals surface area contributed by atoms with E-state index in [1.165, 1.54) is 19.6 Å². The number of rotatable bonds is 21. The monoisotopic (exact) mass is 992 g/mol. The molecular weight excluding hydrogens is 909 g/mol. The Labute approximate surface area is 449 Å². The molecule has 2 fully saturated rings. The van der Waals surface area contributed by atoms with E-state index in [-0.39, 0.29) is 128 Å². The number of aliphatic carboxylic acids is 1. The van der Waals surface area contributed by atoms with Gasteiger partial charge in [-0.2, -0.15) is 0 Å². The standard InChI is InChI=1S/C17H28N2O6.C13H25NO4.C10H15NO4.C6H15N.2Na.H2O/c1-6-17(5,10-16(3,4)14(23)18-9-11(2)20)15(24)25-19-12(21)7-8-13(19)22;1-6-13(5,11(17)18)8-12(3,4)10(16)14-7-9(2)15;1-4-10(2,3)9(14)15-11-7(12)5-6-8(11)13;1-4-7(5-2)6-3;;;/h11,20H,6-10H2,1-5H3,(H,18,23);9,15H,6-8H2,1-5H3,(H,14,16)(H,17,18);4-6H2,1-3H3;4-6H2,1-3H3;;;1H2/q;;;;2*+1;/p-2. The van der Waals surface area contributed by atoms with E-state index in [0.717, 1.165) is 0 Å². The SMILES string of the molecule is CCC(C)(C)C(=O)ON1C(=O)CCC1=O.CCC(C)(CC(C)(C)C(=O)NCC(C)O)C(=O)ON1C(=O)CCC1=O.CCC(C)(CC(C)(C)C(=O)NCC(C)O)C(=O)[O-].CCN(CC)CC.[Na+].[Na+].[OH-]. The molecule has 5 N–H and O–H groups in total. The van der Waals surface area contributed by atoms with Crippen molar-refractivity contribution >= 4 is 53.4 Å². The number of hydroxylamine groups is 4. The molecule has 0 aliphatic carbocycles. The maximum absolute atomic E-state index is 12.6. The van der Waals surface area contributed by atoms with Crippen LogP contribution < -0.4 is 74.9 Å². The first-order valence-corrected chi connectivity index (χ1v) is 22.7. The van der Waals surface area contributed by atoms with Crippen molar-refractivity contribution in [3.8, 4) is 0 Å². The van der Waals surface area contributed by atoms with E-state index in [1.54, 1.807) is 83.1 Å². The van der Waals surface area contributed by atoms with Crippen molar-refractivity contribution in [3.05, 3.63) is 0 Å². The Kier molecular flexibility index (Phi) is 37.1. The normalized spacial score (nSPS) is 16.2. The van der Waals surface area contributed by atoms with E-state index < -0.39 is 80.8 Å². The van der Waals surface area contributed by atoms with Crippen molar-refractivity contribution in [1.82, 2.24) is 25.7 Å². The average Bonchev–Trinajstić information content (AvgIpc) is 3.72. The van der Waals surface area contributed by atoms with Crippen LogP contribution in [0.2, 0.25) is 0 Å². The Morgan fingerprint density at radius 3 is 1.10 bits per heavy atom. The smallest absolute Gasteiger partial charge is 0.870 e. The van der Waals surface area contributed by atoms with Gasteiger partial charge in [0.25, 0.3) is 23.6 Å². The number of amides is 6. The molecule has 6 amide bonds. The average molecular weight is 992 g/mol. The van der Waals surface area contributed by atoms with Gasteiger partial charge in [0.15, 0.2) is 0 Å². The molecule has 4 atom stereocenters. The molecule has 0 aromatic rings. The Morgan fingerprint density at radius 2 is 0.868 bits per heavy atom. The number of imide groups is 2. The molecule has 2 rings (SSSR count). The van der Waals surface area contributed by atoms with Gasteiger partial charge in [0.2, 0.25) is 11.8 Å². The Bertz CT molecular complexity index is 1600. The van der Waals surface area contributed by atoms with Crippen molar-refractivity contribution in [2.75, 3.05) is 32.7 Å². The first-order valence-electron chi connectivity index (χ1n) is 22.7. The minimum Gasteiger partial charge on any atom is -0.870 e. The molecule has 2 aliphatic rings. The number of carbonyl (C=O) groups excluding carboxylic acids is 9. The number of hydrogen-bond donors (Lipinski definition) is 4. The maximum atomic E-state index is 12.6. The van der Waals surface area contributed by atoms with E-state index >= 15 is 0 Å². The third-order valence-electron chi connectivity index (χ3n) is 11.7. The van der Waals surface area contributed by atoms with Crippen LogP contribution in [0.15, 0.2) is 0 Å². The van der Waals surface area contributed by atoms with Crippen LogP contribution in [-0.2, 0) is 52.8 Å². The van der Waals surface area contributed by atoms with E-state index in [4.69, 9.17) is 14.8 Å². The second kappa shape index (κ2) is 33.9. The molecule has 0 saturated carbocycles. The summed E-state index contributed by atoms with van der Waals surface area (Å²) < 4.78 is 0. The molecule has 4 unspecified atom stereocenters. The molecule has 0 radical (unpaired) electrons. The molecule has 0 aromatic carbocycles. The molecule has 0 aromatic heterocycles. The number of nitrogens with one attached hydrogen (secondary N) is 2. The summed E-state index contributed by atoms with van der Waals surface area (Å²) in [5.74, 6) is -4.92. The summed E-state index contributed by atoms with van der Waals surface area (Å²) in [7, 11) is 0. The zero-order valence-corrected chi connectivity index (χ0v) is 48.6. The second-order valence-corrected chi connectivity index (χ2v) is 19.1. The van der Waals surface area contributed by atoms with E-state index in [0.29, 0.717) is 29.4 Å². The fourth-order valence-electron chi connectivity index (χ4n) is 6.28. The number of hydrogen-bond acceptors (Lipinski definition) is 16. The summed E-state index contributed by atoms with van der Waals surface area (Å²) in [5.41, 5.74) is -4.47. The first-order chi connectivity index (χ1) is 29.7. The van der Waals surface area contributed by atoms with Crippen molar-refractivity contribution in [2.24, 2.45) is 27.1 Å². The number of carboxylic acid groups (broad SMARTS) is 1. The molecule has 20 nitrogen and oxygen atoms in total. The van der Waals surface area contributed by atoms with Crippen LogP contribution in [0.1, 0.15) is 169 Å². The quantitative estimate of drug-likeness (QED) is 0.0667. The zero-order valence-electron chi connectivity index (χ0n) is 44.6. The first kappa shape index (κ1) is 74.4. The third kappa shape index (κ3) is 25.5. The fourth-order valence-corrected chi connectivity index (χ4v) is 6.28. The Morgan fingerprint density at radius 1 is 0.574 bits per heavy atom. The van der Waals surface area contributed by atoms with Crippen LogP contribution >= 0.6 is 0 Å². The number of carboxylic acids is 1. The molecule has 384 valence electrons. The third-order valence-corrected chi connectivity index (χ3v) is 11.7. The van der Waals surface area contributed by atoms with Gasteiger partial charge in [-0.15, -0.1) is 10.1 Å². The largest absolute Gasteiger partial charge is 1.00 e. The summed E-state index contributed by atoms with van der Waals surface area (Å²) in [5, 5.41) is 35.9. The van der Waals surface area contributed by atoms with Crippen LogP contribution in [-0.4, -0.2) is 129 Å². The Balaban J connectivity index is -0.000000274. The van der Waals surface area contributed by atoms with Crippen LogP contribution in [0.5, 0.6) is 0 Å². The van der Waals surface area contributed by atoms with Gasteiger partial charge < -0.3 is 50.8 Å².